The first-order valence-electron chi connectivity index (χ1n) is 7.38. The van der Waals surface area contributed by atoms with E-state index in [1.165, 1.54) is 20.9 Å². The van der Waals surface area contributed by atoms with Crippen molar-refractivity contribution in [2.24, 2.45) is 5.73 Å². The van der Waals surface area contributed by atoms with Gasteiger partial charge in [-0.05, 0) is 36.1 Å². The summed E-state index contributed by atoms with van der Waals surface area (Å²) in [7, 11) is 0. The van der Waals surface area contributed by atoms with Crippen molar-refractivity contribution in [3.63, 3.8) is 0 Å². The Morgan fingerprint density at radius 3 is 2.60 bits per heavy atom. The Bertz CT molecular complexity index is 576. The summed E-state index contributed by atoms with van der Waals surface area (Å²) in [5, 5.41) is 0. The fourth-order valence-electron chi connectivity index (χ4n) is 2.96. The summed E-state index contributed by atoms with van der Waals surface area (Å²) in [4.78, 5) is 5.47. The second-order valence-corrected chi connectivity index (χ2v) is 6.74. The van der Waals surface area contributed by atoms with Gasteiger partial charge in [0, 0.05) is 35.4 Å². The fraction of sp³-hybridized carbons (Fsp3) is 0.412. The molecule has 0 saturated carbocycles. The smallest absolute Gasteiger partial charge is 0.0335 e. The third kappa shape index (κ3) is 2.80. The maximum Gasteiger partial charge on any atom is 0.0335 e. The molecule has 1 aromatic carbocycles. The van der Waals surface area contributed by atoms with Crippen molar-refractivity contribution in [1.29, 1.82) is 0 Å². The van der Waals surface area contributed by atoms with Gasteiger partial charge in [-0.2, -0.15) is 0 Å². The van der Waals surface area contributed by atoms with E-state index < -0.39 is 0 Å². The number of hydrogen-bond donors (Lipinski definition) is 1. The molecule has 1 aliphatic heterocycles. The lowest BCUT2D eigenvalue weighted by Crippen LogP contribution is -2.44. The number of hydrogen-bond acceptors (Lipinski definition) is 3. The summed E-state index contributed by atoms with van der Waals surface area (Å²) in [6.45, 7) is 5.01. The quantitative estimate of drug-likeness (QED) is 0.935. The van der Waals surface area contributed by atoms with Gasteiger partial charge in [0.25, 0.3) is 0 Å². The zero-order valence-electron chi connectivity index (χ0n) is 12.0. The van der Waals surface area contributed by atoms with Crippen molar-refractivity contribution in [2.75, 3.05) is 6.54 Å². The van der Waals surface area contributed by atoms with Crippen LogP contribution in [0.3, 0.4) is 0 Å². The van der Waals surface area contributed by atoms with E-state index in [0.717, 1.165) is 32.5 Å². The highest BCUT2D eigenvalue weighted by molar-refractivity contribution is 7.11. The maximum absolute atomic E-state index is 6.00. The summed E-state index contributed by atoms with van der Waals surface area (Å²) < 4.78 is 0. The van der Waals surface area contributed by atoms with Gasteiger partial charge < -0.3 is 5.73 Å². The third-order valence-corrected chi connectivity index (χ3v) is 5.37. The van der Waals surface area contributed by atoms with Crippen molar-refractivity contribution in [2.45, 2.75) is 38.9 Å². The van der Waals surface area contributed by atoms with Crippen LogP contribution in [0, 0.1) is 0 Å². The lowest BCUT2D eigenvalue weighted by atomic mass is 9.94. The largest absolute Gasteiger partial charge is 0.329 e. The van der Waals surface area contributed by atoms with Crippen molar-refractivity contribution in [1.82, 2.24) is 4.90 Å². The molecule has 2 heterocycles. The number of nitrogens with two attached hydrogens (primary N) is 1. The minimum atomic E-state index is 0.470. The van der Waals surface area contributed by atoms with Crippen molar-refractivity contribution < 1.29 is 0 Å². The predicted octanol–water partition coefficient (Wildman–Crippen LogP) is 3.20. The molecule has 3 heteroatoms. The third-order valence-electron chi connectivity index (χ3n) is 4.16. The molecular formula is C17H22N2S. The van der Waals surface area contributed by atoms with Crippen LogP contribution in [0.2, 0.25) is 0 Å². The first-order chi connectivity index (χ1) is 9.80. The van der Waals surface area contributed by atoms with Gasteiger partial charge in [-0.15, -0.1) is 11.3 Å². The Morgan fingerprint density at radius 2 is 1.90 bits per heavy atom. The van der Waals surface area contributed by atoms with Crippen molar-refractivity contribution in [3.8, 4) is 0 Å². The molecule has 0 aliphatic carbocycles. The zero-order chi connectivity index (χ0) is 13.9. The standard InChI is InChI=1S/C17H22N2S/c1-2-16-7-8-17(20-16)12-19-11-14-6-4-3-5-13(14)9-15(19)10-18/h3-8,15H,2,9-12,18H2,1H3. The molecule has 0 radical (unpaired) electrons. The van der Waals surface area contributed by atoms with Crippen LogP contribution in [0.15, 0.2) is 36.4 Å². The molecule has 1 unspecified atom stereocenters. The van der Waals surface area contributed by atoms with Crippen LogP contribution >= 0.6 is 11.3 Å². The van der Waals surface area contributed by atoms with E-state index in [1.54, 1.807) is 0 Å². The SMILES string of the molecule is CCc1ccc(CN2Cc3ccccc3CC2CN)s1. The van der Waals surface area contributed by atoms with Gasteiger partial charge in [0.15, 0.2) is 0 Å². The van der Waals surface area contributed by atoms with Crippen molar-refractivity contribution >= 4 is 11.3 Å². The van der Waals surface area contributed by atoms with Crippen LogP contribution in [0.4, 0.5) is 0 Å². The van der Waals surface area contributed by atoms with Gasteiger partial charge in [0.2, 0.25) is 0 Å². The van der Waals surface area contributed by atoms with Crippen LogP contribution in [0.25, 0.3) is 0 Å². The van der Waals surface area contributed by atoms with E-state index in [2.05, 4.69) is 48.2 Å². The van der Waals surface area contributed by atoms with E-state index in [9.17, 15) is 0 Å². The molecule has 0 spiro atoms. The molecule has 20 heavy (non-hydrogen) atoms. The number of rotatable bonds is 4. The zero-order valence-corrected chi connectivity index (χ0v) is 12.8. The normalized spacial score (nSPS) is 19.0. The van der Waals surface area contributed by atoms with Crippen LogP contribution in [0.5, 0.6) is 0 Å². The van der Waals surface area contributed by atoms with Crippen LogP contribution in [0.1, 0.15) is 27.8 Å². The number of benzene rings is 1. The summed E-state index contributed by atoms with van der Waals surface area (Å²) in [6, 6.07) is 13.8. The van der Waals surface area contributed by atoms with Gasteiger partial charge in [-0.25, -0.2) is 0 Å². The lowest BCUT2D eigenvalue weighted by molar-refractivity contribution is 0.168. The molecular weight excluding hydrogens is 264 g/mol. The highest BCUT2D eigenvalue weighted by atomic mass is 32.1. The van der Waals surface area contributed by atoms with Gasteiger partial charge >= 0.3 is 0 Å². The van der Waals surface area contributed by atoms with E-state index in [1.807, 2.05) is 11.3 Å². The molecule has 0 fully saturated rings. The molecule has 106 valence electrons. The number of aryl methyl sites for hydroxylation is 1. The van der Waals surface area contributed by atoms with E-state index in [-0.39, 0.29) is 0 Å². The summed E-state index contributed by atoms with van der Waals surface area (Å²) in [6.07, 6.45) is 2.21. The molecule has 2 N–H and O–H groups in total. The monoisotopic (exact) mass is 286 g/mol. The van der Waals surface area contributed by atoms with Gasteiger partial charge in [0.1, 0.15) is 0 Å². The van der Waals surface area contributed by atoms with Gasteiger partial charge in [-0.3, -0.25) is 4.90 Å². The highest BCUT2D eigenvalue weighted by Crippen LogP contribution is 2.26. The van der Waals surface area contributed by atoms with Crippen LogP contribution in [-0.4, -0.2) is 17.5 Å². The number of nitrogens with zero attached hydrogens (tertiary/aromatic N) is 1. The number of fused-ring (bicyclic) bond motifs is 1. The Hall–Kier alpha value is -1.16. The Kier molecular flexibility index (Phi) is 4.20. The molecule has 1 atom stereocenters. The topological polar surface area (TPSA) is 29.3 Å². The van der Waals surface area contributed by atoms with E-state index >= 15 is 0 Å². The van der Waals surface area contributed by atoms with Crippen LogP contribution < -0.4 is 5.73 Å². The number of thiophene rings is 1. The molecule has 0 bridgehead atoms. The predicted molar refractivity (Wildman–Crippen MR) is 85.9 cm³/mol. The Balaban J connectivity index is 1.78. The minimum absolute atomic E-state index is 0.470. The average Bonchev–Trinajstić information content (AvgIpc) is 2.94. The van der Waals surface area contributed by atoms with Crippen LogP contribution in [-0.2, 0) is 25.9 Å². The fourth-order valence-corrected chi connectivity index (χ4v) is 3.94. The second-order valence-electron chi connectivity index (χ2n) is 5.49. The molecule has 2 aromatic rings. The molecule has 0 amide bonds. The Morgan fingerprint density at radius 1 is 1.15 bits per heavy atom. The summed E-state index contributed by atoms with van der Waals surface area (Å²) >= 11 is 1.94. The molecule has 3 rings (SSSR count). The first kappa shape index (κ1) is 13.8. The molecule has 2 nitrogen and oxygen atoms in total. The maximum atomic E-state index is 6.00. The summed E-state index contributed by atoms with van der Waals surface area (Å²) in [5.74, 6) is 0. The summed E-state index contributed by atoms with van der Waals surface area (Å²) in [5.41, 5.74) is 8.93. The van der Waals surface area contributed by atoms with E-state index in [4.69, 9.17) is 5.73 Å². The first-order valence-corrected chi connectivity index (χ1v) is 8.20. The van der Waals surface area contributed by atoms with E-state index in [0.29, 0.717) is 6.04 Å². The van der Waals surface area contributed by atoms with Crippen molar-refractivity contribution in [3.05, 3.63) is 57.3 Å². The highest BCUT2D eigenvalue weighted by Gasteiger charge is 2.25. The average molecular weight is 286 g/mol. The Labute approximate surface area is 125 Å². The lowest BCUT2D eigenvalue weighted by Gasteiger charge is -2.36. The molecule has 1 aromatic heterocycles. The minimum Gasteiger partial charge on any atom is -0.329 e. The van der Waals surface area contributed by atoms with Gasteiger partial charge in [0.05, 0.1) is 0 Å². The van der Waals surface area contributed by atoms with Gasteiger partial charge in [-0.1, -0.05) is 31.2 Å². The second kappa shape index (κ2) is 6.08. The molecule has 0 saturated heterocycles. The molecule has 1 aliphatic rings.